The number of benzene rings is 1. The van der Waals surface area contributed by atoms with Crippen molar-refractivity contribution in [3.8, 4) is 5.75 Å². The summed E-state index contributed by atoms with van der Waals surface area (Å²) in [5.74, 6) is 0.867. The Balaban J connectivity index is 2.39. The molecular weight excluding hydrogens is 262 g/mol. The minimum atomic E-state index is -0.0604. The lowest BCUT2D eigenvalue weighted by Gasteiger charge is -2.23. The second kappa shape index (κ2) is 6.18. The summed E-state index contributed by atoms with van der Waals surface area (Å²) >= 11 is 0. The maximum absolute atomic E-state index is 12.8. The first-order valence-corrected chi connectivity index (χ1v) is 7.88. The van der Waals surface area contributed by atoms with Gasteiger partial charge in [-0.1, -0.05) is 26.8 Å². The van der Waals surface area contributed by atoms with Gasteiger partial charge in [-0.05, 0) is 56.3 Å². The molecule has 1 aliphatic heterocycles. The van der Waals surface area contributed by atoms with E-state index in [4.69, 9.17) is 4.74 Å². The van der Waals surface area contributed by atoms with Gasteiger partial charge in [0.05, 0.1) is 17.7 Å². The van der Waals surface area contributed by atoms with Gasteiger partial charge in [0.1, 0.15) is 5.75 Å². The van der Waals surface area contributed by atoms with Gasteiger partial charge in [0.15, 0.2) is 5.78 Å². The molecule has 0 saturated carbocycles. The summed E-state index contributed by atoms with van der Waals surface area (Å²) in [6.45, 7) is 11.4. The first-order chi connectivity index (χ1) is 9.79. The Hall–Kier alpha value is -1.35. The van der Waals surface area contributed by atoms with Crippen molar-refractivity contribution < 1.29 is 9.53 Å². The average Bonchev–Trinajstić information content (AvgIpc) is 2.90. The summed E-state index contributed by atoms with van der Waals surface area (Å²) < 4.78 is 5.85. The predicted molar refractivity (Wildman–Crippen MR) is 86.3 cm³/mol. The molecule has 2 rings (SSSR count). The second-order valence-corrected chi connectivity index (χ2v) is 7.14. The van der Waals surface area contributed by atoms with E-state index in [1.165, 1.54) is 5.56 Å². The lowest BCUT2D eigenvalue weighted by molar-refractivity contribution is 0.0946. The van der Waals surface area contributed by atoms with Crippen LogP contribution in [0.1, 0.15) is 63.4 Å². The average molecular weight is 289 g/mol. The Morgan fingerprint density at radius 3 is 2.57 bits per heavy atom. The molecule has 1 saturated heterocycles. The fourth-order valence-electron chi connectivity index (χ4n) is 2.64. The van der Waals surface area contributed by atoms with Gasteiger partial charge in [-0.3, -0.25) is 4.79 Å². The van der Waals surface area contributed by atoms with Crippen molar-refractivity contribution in [3.05, 3.63) is 29.3 Å². The summed E-state index contributed by atoms with van der Waals surface area (Å²) in [6.07, 6.45) is 2.05. The minimum Gasteiger partial charge on any atom is -0.490 e. The molecule has 1 atom stereocenters. The maximum atomic E-state index is 12.8. The van der Waals surface area contributed by atoms with Crippen LogP contribution < -0.4 is 10.1 Å². The SMILES string of the molecule is CC(C)Oc1ccc(C(C)(C)C)cc1C(=O)C1CCCN1. The number of carbonyl (C=O) groups is 1. The fraction of sp³-hybridized carbons (Fsp3) is 0.611. The van der Waals surface area contributed by atoms with Crippen molar-refractivity contribution in [2.45, 2.75) is 65.0 Å². The van der Waals surface area contributed by atoms with Crippen LogP contribution in [0.3, 0.4) is 0 Å². The second-order valence-electron chi connectivity index (χ2n) is 7.14. The zero-order valence-electron chi connectivity index (χ0n) is 13.8. The minimum absolute atomic E-state index is 0.0223. The largest absolute Gasteiger partial charge is 0.490 e. The van der Waals surface area contributed by atoms with Crippen molar-refractivity contribution >= 4 is 5.78 Å². The standard InChI is InChI=1S/C18H27NO2/c1-12(2)21-16-9-8-13(18(3,4)5)11-14(16)17(20)15-7-6-10-19-15/h8-9,11-12,15,19H,6-7,10H2,1-5H3. The van der Waals surface area contributed by atoms with Gasteiger partial charge in [-0.25, -0.2) is 0 Å². The number of hydrogen-bond donors (Lipinski definition) is 1. The van der Waals surface area contributed by atoms with E-state index in [1.807, 2.05) is 26.0 Å². The molecule has 1 aromatic rings. The van der Waals surface area contributed by atoms with E-state index in [9.17, 15) is 4.79 Å². The van der Waals surface area contributed by atoms with Crippen LogP contribution in [0, 0.1) is 0 Å². The number of nitrogens with one attached hydrogen (secondary N) is 1. The summed E-state index contributed by atoms with van der Waals surface area (Å²) in [6, 6.07) is 5.97. The summed E-state index contributed by atoms with van der Waals surface area (Å²) in [5, 5.41) is 3.29. The Labute approximate surface area is 128 Å². The normalized spacial score (nSPS) is 19.0. The van der Waals surface area contributed by atoms with Gasteiger partial charge < -0.3 is 10.1 Å². The van der Waals surface area contributed by atoms with Crippen molar-refractivity contribution in [1.29, 1.82) is 0 Å². The highest BCUT2D eigenvalue weighted by atomic mass is 16.5. The maximum Gasteiger partial charge on any atom is 0.183 e. The quantitative estimate of drug-likeness (QED) is 0.859. The van der Waals surface area contributed by atoms with Gasteiger partial charge in [0, 0.05) is 0 Å². The molecular formula is C18H27NO2. The van der Waals surface area contributed by atoms with Crippen molar-refractivity contribution in [2.24, 2.45) is 0 Å². The van der Waals surface area contributed by atoms with Gasteiger partial charge in [0.2, 0.25) is 0 Å². The van der Waals surface area contributed by atoms with Crippen LogP contribution in [0.15, 0.2) is 18.2 Å². The van der Waals surface area contributed by atoms with Crippen LogP contribution in [0.25, 0.3) is 0 Å². The highest BCUT2D eigenvalue weighted by Crippen LogP contribution is 2.30. The lowest BCUT2D eigenvalue weighted by atomic mass is 9.85. The number of hydrogen-bond acceptors (Lipinski definition) is 3. The highest BCUT2D eigenvalue weighted by molar-refractivity contribution is 6.02. The molecule has 1 aromatic carbocycles. The molecule has 0 bridgehead atoms. The zero-order valence-corrected chi connectivity index (χ0v) is 13.8. The Morgan fingerprint density at radius 2 is 2.05 bits per heavy atom. The van der Waals surface area contributed by atoms with Gasteiger partial charge in [0.25, 0.3) is 0 Å². The van der Waals surface area contributed by atoms with E-state index in [-0.39, 0.29) is 23.3 Å². The van der Waals surface area contributed by atoms with Crippen LogP contribution in [-0.4, -0.2) is 24.5 Å². The topological polar surface area (TPSA) is 38.3 Å². The third-order valence-corrected chi connectivity index (χ3v) is 3.85. The van der Waals surface area contributed by atoms with Crippen LogP contribution in [0.4, 0.5) is 0 Å². The molecule has 0 spiro atoms. The zero-order chi connectivity index (χ0) is 15.6. The van der Waals surface area contributed by atoms with E-state index in [1.54, 1.807) is 0 Å². The summed E-state index contributed by atoms with van der Waals surface area (Å²) in [4.78, 5) is 12.8. The molecule has 1 fully saturated rings. The van der Waals surface area contributed by atoms with E-state index >= 15 is 0 Å². The third-order valence-electron chi connectivity index (χ3n) is 3.85. The van der Waals surface area contributed by atoms with Crippen molar-refractivity contribution in [1.82, 2.24) is 5.32 Å². The smallest absolute Gasteiger partial charge is 0.183 e. The molecule has 0 aliphatic carbocycles. The highest BCUT2D eigenvalue weighted by Gasteiger charge is 2.27. The van der Waals surface area contributed by atoms with Crippen molar-refractivity contribution in [3.63, 3.8) is 0 Å². The van der Waals surface area contributed by atoms with Gasteiger partial charge in [-0.2, -0.15) is 0 Å². The molecule has 0 radical (unpaired) electrons. The van der Waals surface area contributed by atoms with E-state index in [2.05, 4.69) is 32.2 Å². The number of carbonyl (C=O) groups excluding carboxylic acids is 1. The summed E-state index contributed by atoms with van der Waals surface area (Å²) in [7, 11) is 0. The lowest BCUT2D eigenvalue weighted by Crippen LogP contribution is -2.31. The van der Waals surface area contributed by atoms with E-state index in [0.29, 0.717) is 5.75 Å². The van der Waals surface area contributed by atoms with E-state index in [0.717, 1.165) is 24.9 Å². The fourth-order valence-corrected chi connectivity index (χ4v) is 2.64. The molecule has 21 heavy (non-hydrogen) atoms. The molecule has 3 heteroatoms. The molecule has 3 nitrogen and oxygen atoms in total. The molecule has 0 aromatic heterocycles. The Morgan fingerprint density at radius 1 is 1.33 bits per heavy atom. The number of Topliss-reactive ketones (excluding diaryl/α,β-unsaturated/α-hetero) is 1. The first kappa shape index (κ1) is 16.0. The Kier molecular flexibility index (Phi) is 4.72. The Bertz CT molecular complexity index is 508. The molecule has 1 aliphatic rings. The monoisotopic (exact) mass is 289 g/mol. The molecule has 1 N–H and O–H groups in total. The molecule has 116 valence electrons. The van der Waals surface area contributed by atoms with Crippen LogP contribution in [-0.2, 0) is 5.41 Å². The van der Waals surface area contributed by atoms with Crippen LogP contribution in [0.2, 0.25) is 0 Å². The first-order valence-electron chi connectivity index (χ1n) is 7.88. The van der Waals surface area contributed by atoms with Crippen molar-refractivity contribution in [2.75, 3.05) is 6.54 Å². The summed E-state index contributed by atoms with van der Waals surface area (Å²) in [5.41, 5.74) is 1.91. The number of rotatable bonds is 4. The van der Waals surface area contributed by atoms with Gasteiger partial charge >= 0.3 is 0 Å². The van der Waals surface area contributed by atoms with Crippen LogP contribution in [0.5, 0.6) is 5.75 Å². The number of ketones is 1. The van der Waals surface area contributed by atoms with E-state index < -0.39 is 0 Å². The predicted octanol–water partition coefficient (Wildman–Crippen LogP) is 3.71. The van der Waals surface area contributed by atoms with Crippen LogP contribution >= 0.6 is 0 Å². The molecule has 1 unspecified atom stereocenters. The number of ether oxygens (including phenoxy) is 1. The molecule has 1 heterocycles. The molecule has 0 amide bonds. The van der Waals surface area contributed by atoms with Gasteiger partial charge in [-0.15, -0.1) is 0 Å². The third kappa shape index (κ3) is 3.85.